The zero-order valence-electron chi connectivity index (χ0n) is 11.0. The van der Waals surface area contributed by atoms with E-state index in [1.807, 2.05) is 6.07 Å². The average Bonchev–Trinajstić information content (AvgIpc) is 2.77. The highest BCUT2D eigenvalue weighted by atomic mass is 16.3. The number of benzene rings is 1. The molecule has 1 saturated carbocycles. The van der Waals surface area contributed by atoms with Crippen LogP contribution in [0.1, 0.15) is 49.7 Å². The van der Waals surface area contributed by atoms with E-state index in [0.717, 1.165) is 18.4 Å². The van der Waals surface area contributed by atoms with Gasteiger partial charge in [-0.3, -0.25) is 0 Å². The van der Waals surface area contributed by atoms with Crippen molar-refractivity contribution in [1.82, 2.24) is 5.32 Å². The first-order valence-electron chi connectivity index (χ1n) is 7.32. The van der Waals surface area contributed by atoms with Crippen molar-refractivity contribution >= 4 is 0 Å². The van der Waals surface area contributed by atoms with Gasteiger partial charge in [0.2, 0.25) is 0 Å². The van der Waals surface area contributed by atoms with Crippen molar-refractivity contribution in [3.05, 3.63) is 35.4 Å². The zero-order chi connectivity index (χ0) is 12.4. The minimum Gasteiger partial charge on any atom is -0.384 e. The molecule has 2 aliphatic rings. The topological polar surface area (TPSA) is 32.3 Å². The predicted octanol–water partition coefficient (Wildman–Crippen LogP) is 2.74. The van der Waals surface area contributed by atoms with Crippen LogP contribution < -0.4 is 5.32 Å². The Labute approximate surface area is 109 Å². The standard InChI is InChI=1S/C16H23NO/c18-16(12-17-14-7-2-1-3-8-14)11-10-13-6-4-5-9-15(13)16/h4-6,9,14,17-18H,1-3,7-8,10-12H2. The van der Waals surface area contributed by atoms with Crippen LogP contribution in [0.15, 0.2) is 24.3 Å². The summed E-state index contributed by atoms with van der Waals surface area (Å²) in [5, 5.41) is 14.4. The zero-order valence-corrected chi connectivity index (χ0v) is 11.0. The smallest absolute Gasteiger partial charge is 0.103 e. The summed E-state index contributed by atoms with van der Waals surface area (Å²) in [6, 6.07) is 8.96. The van der Waals surface area contributed by atoms with Crippen molar-refractivity contribution < 1.29 is 5.11 Å². The molecule has 1 fully saturated rings. The van der Waals surface area contributed by atoms with Crippen molar-refractivity contribution in [1.29, 1.82) is 0 Å². The van der Waals surface area contributed by atoms with Crippen LogP contribution >= 0.6 is 0 Å². The van der Waals surface area contributed by atoms with Gasteiger partial charge in [-0.2, -0.15) is 0 Å². The van der Waals surface area contributed by atoms with Crippen LogP contribution in [0.25, 0.3) is 0 Å². The Morgan fingerprint density at radius 3 is 2.78 bits per heavy atom. The maximum absolute atomic E-state index is 10.8. The molecule has 1 aromatic rings. The first-order chi connectivity index (χ1) is 8.78. The molecule has 1 atom stereocenters. The van der Waals surface area contributed by atoms with Crippen LogP contribution in [0, 0.1) is 0 Å². The maximum Gasteiger partial charge on any atom is 0.103 e. The molecule has 1 unspecified atom stereocenters. The van der Waals surface area contributed by atoms with E-state index in [9.17, 15) is 5.11 Å². The van der Waals surface area contributed by atoms with Gasteiger partial charge in [0.1, 0.15) is 5.60 Å². The molecule has 0 radical (unpaired) electrons. The third-order valence-corrected chi connectivity index (χ3v) is 4.61. The second-order valence-electron chi connectivity index (χ2n) is 5.90. The molecule has 0 heterocycles. The molecule has 2 nitrogen and oxygen atoms in total. The van der Waals surface area contributed by atoms with Crippen molar-refractivity contribution in [2.45, 2.75) is 56.6 Å². The van der Waals surface area contributed by atoms with Crippen molar-refractivity contribution in [2.24, 2.45) is 0 Å². The molecule has 2 N–H and O–H groups in total. The lowest BCUT2D eigenvalue weighted by molar-refractivity contribution is 0.0345. The molecule has 18 heavy (non-hydrogen) atoms. The number of fused-ring (bicyclic) bond motifs is 1. The Bertz CT molecular complexity index is 411. The fourth-order valence-electron chi connectivity index (χ4n) is 3.47. The lowest BCUT2D eigenvalue weighted by Gasteiger charge is -2.29. The molecule has 0 bridgehead atoms. The molecular formula is C16H23NO. The first-order valence-corrected chi connectivity index (χ1v) is 7.32. The molecule has 0 aliphatic heterocycles. The van der Waals surface area contributed by atoms with Gasteiger partial charge < -0.3 is 10.4 Å². The SMILES string of the molecule is OC1(CNC2CCCCC2)CCc2ccccc21. The highest BCUT2D eigenvalue weighted by Gasteiger charge is 2.36. The Balaban J connectivity index is 1.65. The van der Waals surface area contributed by atoms with Crippen molar-refractivity contribution in [2.75, 3.05) is 6.54 Å². The number of rotatable bonds is 3. The molecule has 1 aromatic carbocycles. The number of hydrogen-bond acceptors (Lipinski definition) is 2. The lowest BCUT2D eigenvalue weighted by Crippen LogP contribution is -2.42. The molecule has 2 heteroatoms. The van der Waals surface area contributed by atoms with E-state index in [-0.39, 0.29) is 0 Å². The van der Waals surface area contributed by atoms with E-state index in [4.69, 9.17) is 0 Å². The summed E-state index contributed by atoms with van der Waals surface area (Å²) in [6.07, 6.45) is 8.49. The van der Waals surface area contributed by atoms with Crippen LogP contribution in [-0.2, 0) is 12.0 Å². The molecule has 0 amide bonds. The van der Waals surface area contributed by atoms with Crippen LogP contribution in [0.4, 0.5) is 0 Å². The molecule has 0 aromatic heterocycles. The molecule has 3 rings (SSSR count). The third-order valence-electron chi connectivity index (χ3n) is 4.61. The van der Waals surface area contributed by atoms with Gasteiger partial charge in [-0.15, -0.1) is 0 Å². The fourth-order valence-corrected chi connectivity index (χ4v) is 3.47. The summed E-state index contributed by atoms with van der Waals surface area (Å²) >= 11 is 0. The highest BCUT2D eigenvalue weighted by Crippen LogP contribution is 2.36. The van der Waals surface area contributed by atoms with Gasteiger partial charge in [0, 0.05) is 12.6 Å². The van der Waals surface area contributed by atoms with E-state index in [2.05, 4.69) is 23.5 Å². The fraction of sp³-hybridized carbons (Fsp3) is 0.625. The van der Waals surface area contributed by atoms with Crippen LogP contribution in [0.5, 0.6) is 0 Å². The van der Waals surface area contributed by atoms with Gasteiger partial charge in [0.15, 0.2) is 0 Å². The number of nitrogens with one attached hydrogen (secondary N) is 1. The minimum absolute atomic E-state index is 0.621. The maximum atomic E-state index is 10.8. The number of aryl methyl sites for hydroxylation is 1. The molecule has 0 saturated heterocycles. The second-order valence-corrected chi connectivity index (χ2v) is 5.90. The largest absolute Gasteiger partial charge is 0.384 e. The van der Waals surface area contributed by atoms with Gasteiger partial charge in [-0.1, -0.05) is 43.5 Å². The molecule has 2 aliphatic carbocycles. The average molecular weight is 245 g/mol. The quantitative estimate of drug-likeness (QED) is 0.858. The Hall–Kier alpha value is -0.860. The predicted molar refractivity (Wildman–Crippen MR) is 73.5 cm³/mol. The Morgan fingerprint density at radius 2 is 1.94 bits per heavy atom. The lowest BCUT2D eigenvalue weighted by atomic mass is 9.92. The summed E-state index contributed by atoms with van der Waals surface area (Å²) in [6.45, 7) is 0.717. The first kappa shape index (κ1) is 12.2. The monoisotopic (exact) mass is 245 g/mol. The summed E-state index contributed by atoms with van der Waals surface area (Å²) < 4.78 is 0. The Morgan fingerprint density at radius 1 is 1.17 bits per heavy atom. The number of hydrogen-bond donors (Lipinski definition) is 2. The summed E-state index contributed by atoms with van der Waals surface area (Å²) in [7, 11) is 0. The van der Waals surface area contributed by atoms with E-state index >= 15 is 0 Å². The van der Waals surface area contributed by atoms with Gasteiger partial charge in [-0.05, 0) is 36.8 Å². The van der Waals surface area contributed by atoms with Crippen LogP contribution in [-0.4, -0.2) is 17.7 Å². The van der Waals surface area contributed by atoms with Crippen LogP contribution in [0.3, 0.4) is 0 Å². The van der Waals surface area contributed by atoms with Gasteiger partial charge in [-0.25, -0.2) is 0 Å². The molecule has 98 valence electrons. The van der Waals surface area contributed by atoms with Crippen molar-refractivity contribution in [3.63, 3.8) is 0 Å². The summed E-state index contributed by atoms with van der Waals surface area (Å²) in [4.78, 5) is 0. The van der Waals surface area contributed by atoms with E-state index in [1.165, 1.54) is 37.7 Å². The minimum atomic E-state index is -0.631. The van der Waals surface area contributed by atoms with Crippen molar-refractivity contribution in [3.8, 4) is 0 Å². The van der Waals surface area contributed by atoms with Gasteiger partial charge >= 0.3 is 0 Å². The molecule has 0 spiro atoms. The summed E-state index contributed by atoms with van der Waals surface area (Å²) in [5.74, 6) is 0. The molecular weight excluding hydrogens is 222 g/mol. The Kier molecular flexibility index (Phi) is 3.40. The van der Waals surface area contributed by atoms with E-state index in [1.54, 1.807) is 0 Å². The van der Waals surface area contributed by atoms with Gasteiger partial charge in [0.05, 0.1) is 0 Å². The normalized spacial score (nSPS) is 28.3. The van der Waals surface area contributed by atoms with Crippen LogP contribution in [0.2, 0.25) is 0 Å². The van der Waals surface area contributed by atoms with Gasteiger partial charge in [0.25, 0.3) is 0 Å². The van der Waals surface area contributed by atoms with E-state index in [0.29, 0.717) is 12.6 Å². The highest BCUT2D eigenvalue weighted by molar-refractivity contribution is 5.37. The second kappa shape index (κ2) is 5.02. The number of aliphatic hydroxyl groups is 1. The summed E-state index contributed by atoms with van der Waals surface area (Å²) in [5.41, 5.74) is 1.84. The van der Waals surface area contributed by atoms with E-state index < -0.39 is 5.60 Å². The third kappa shape index (κ3) is 2.32.